The molecule has 8 aromatic rings. The van der Waals surface area contributed by atoms with Crippen LogP contribution in [-0.2, 0) is 0 Å². The van der Waals surface area contributed by atoms with Crippen molar-refractivity contribution in [1.29, 1.82) is 0 Å². The van der Waals surface area contributed by atoms with Gasteiger partial charge < -0.3 is 40.9 Å². The fourth-order valence-electron chi connectivity index (χ4n) is 13.3. The molecule has 8 heterocycles. The van der Waals surface area contributed by atoms with E-state index in [-0.39, 0.29) is 0 Å². The van der Waals surface area contributed by atoms with E-state index in [0.29, 0.717) is 0 Å². The van der Waals surface area contributed by atoms with Crippen LogP contribution < -0.4 is 21.3 Å². The Hall–Kier alpha value is -6.15. The molecular formula is C76H107ClN12. The average molecular weight is 1220 g/mol. The lowest BCUT2D eigenvalue weighted by Crippen LogP contribution is -2.31. The van der Waals surface area contributed by atoms with Crippen LogP contribution in [0, 0.1) is 13.8 Å². The summed E-state index contributed by atoms with van der Waals surface area (Å²) in [5.41, 5.74) is 11.1. The van der Waals surface area contributed by atoms with Gasteiger partial charge in [0.2, 0.25) is 0 Å². The molecule has 4 aliphatic rings. The summed E-state index contributed by atoms with van der Waals surface area (Å²) in [6, 6.07) is 39.4. The Morgan fingerprint density at radius 3 is 1.10 bits per heavy atom. The first kappa shape index (κ1) is 67.2. The number of hydrogen-bond acceptors (Lipinski definition) is 12. The van der Waals surface area contributed by atoms with Gasteiger partial charge in [0, 0.05) is 99.3 Å². The molecule has 4 saturated heterocycles. The third kappa shape index (κ3) is 23.2. The lowest BCUT2D eigenvalue weighted by molar-refractivity contribution is 0.224. The molecule has 12 nitrogen and oxygen atoms in total. The molecule has 4 fully saturated rings. The number of likely N-dealkylation sites (tertiary alicyclic amines) is 4. The molecule has 4 aromatic heterocycles. The number of nitrogens with one attached hydrogen (secondary N) is 4. The molecule has 12 rings (SSSR count). The van der Waals surface area contributed by atoms with Crippen LogP contribution in [0.5, 0.6) is 0 Å². The van der Waals surface area contributed by atoms with Gasteiger partial charge in [-0.15, -0.1) is 0 Å². The minimum atomic E-state index is 0.734. The summed E-state index contributed by atoms with van der Waals surface area (Å²) >= 11 is 6.02. The summed E-state index contributed by atoms with van der Waals surface area (Å²) in [5.74, 6) is 0. The summed E-state index contributed by atoms with van der Waals surface area (Å²) in [6.45, 7) is 23.7. The predicted molar refractivity (Wildman–Crippen MR) is 383 cm³/mol. The van der Waals surface area contributed by atoms with Crippen molar-refractivity contribution in [3.8, 4) is 0 Å². The van der Waals surface area contributed by atoms with Gasteiger partial charge in [0.05, 0.1) is 22.1 Å². The van der Waals surface area contributed by atoms with Gasteiger partial charge in [0.1, 0.15) is 0 Å². The van der Waals surface area contributed by atoms with E-state index >= 15 is 0 Å². The van der Waals surface area contributed by atoms with E-state index in [1.54, 1.807) is 0 Å². The highest BCUT2D eigenvalue weighted by Crippen LogP contribution is 2.27. The van der Waals surface area contributed by atoms with Gasteiger partial charge in [-0.2, -0.15) is 0 Å². The molecule has 0 unspecified atom stereocenters. The average Bonchev–Trinajstić information content (AvgIpc) is 3.61. The molecule has 0 radical (unpaired) electrons. The van der Waals surface area contributed by atoms with E-state index in [1.807, 2.05) is 42.7 Å². The van der Waals surface area contributed by atoms with E-state index in [9.17, 15) is 0 Å². The number of unbranched alkanes of at least 4 members (excludes halogenated alkanes) is 6. The van der Waals surface area contributed by atoms with Crippen molar-refractivity contribution in [2.45, 2.75) is 155 Å². The van der Waals surface area contributed by atoms with Gasteiger partial charge in [-0.1, -0.05) is 118 Å². The molecule has 0 atom stereocenters. The molecule has 4 aliphatic heterocycles. The Bertz CT molecular complexity index is 3250. The van der Waals surface area contributed by atoms with Gasteiger partial charge in [-0.05, 0) is 243 Å². The standard InChI is InChI=1S/C21H31N3.C20H29N3.C18H25N3.C17H22ClN3/c1-18-17-21(19-11-5-6-12-20(19)23-18)22-13-7-2-3-8-14-24-15-9-4-10-16-24;1(2-7-15-23-16-8-3-9-17-23)6-13-21-20-12-14-22-19-11-5-4-10-18(19)20;1-15-14-18(16-8-3-4-9-17(16)20-15)19-10-7-13-21-11-5-2-6-12-21;18-14-5-6-15-16(7-9-20-17(15)13-14)19-8-4-12-21-10-2-1-3-11-21/h5-6,11-12,17H,2-4,7-10,13-16H2,1H3,(H,22,23);4-5,10-12,14H,1-3,6-9,13,15-17H2,(H,21,22);3-4,8-9,14H,2,5-7,10-13H2,1H3,(H,19,20);5-7,9,13H,1-4,8,10-12H2,(H,19,20). The zero-order chi connectivity index (χ0) is 61.3. The highest BCUT2D eigenvalue weighted by atomic mass is 35.5. The maximum Gasteiger partial charge on any atom is 0.0737 e. The number of hydrogen-bond donors (Lipinski definition) is 4. The van der Waals surface area contributed by atoms with Crippen LogP contribution in [0.4, 0.5) is 22.7 Å². The Morgan fingerprint density at radius 1 is 0.326 bits per heavy atom. The van der Waals surface area contributed by atoms with Crippen LogP contribution in [0.2, 0.25) is 5.02 Å². The van der Waals surface area contributed by atoms with Gasteiger partial charge in [0.15, 0.2) is 0 Å². The number of fused-ring (bicyclic) bond motifs is 4. The van der Waals surface area contributed by atoms with Gasteiger partial charge in [-0.25, -0.2) is 0 Å². The first-order valence-corrected chi connectivity index (χ1v) is 35.3. The molecule has 4 N–H and O–H groups in total. The fraction of sp³-hybridized carbons (Fsp3) is 0.526. The minimum absolute atomic E-state index is 0.734. The second-order valence-corrected chi connectivity index (χ2v) is 25.8. The molecule has 478 valence electrons. The monoisotopic (exact) mass is 1220 g/mol. The lowest BCUT2D eigenvalue weighted by Gasteiger charge is -2.26. The topological polar surface area (TPSA) is 113 Å². The van der Waals surface area contributed by atoms with Crippen LogP contribution in [0.25, 0.3) is 43.6 Å². The molecule has 0 spiro atoms. The summed E-state index contributed by atoms with van der Waals surface area (Å²) in [7, 11) is 0. The van der Waals surface area contributed by atoms with Crippen molar-refractivity contribution in [2.24, 2.45) is 0 Å². The summed E-state index contributed by atoms with van der Waals surface area (Å²) in [6.07, 6.45) is 33.5. The molecule has 0 amide bonds. The van der Waals surface area contributed by atoms with Crippen LogP contribution in [0.3, 0.4) is 0 Å². The predicted octanol–water partition coefficient (Wildman–Crippen LogP) is 17.7. The Kier molecular flexibility index (Phi) is 29.1. The first-order valence-electron chi connectivity index (χ1n) is 34.9. The first-order chi connectivity index (χ1) is 43.9. The zero-order valence-corrected chi connectivity index (χ0v) is 55.2. The maximum atomic E-state index is 6.02. The van der Waals surface area contributed by atoms with Crippen LogP contribution >= 0.6 is 11.6 Å². The lowest BCUT2D eigenvalue weighted by atomic mass is 10.1. The number of benzene rings is 4. The summed E-state index contributed by atoms with van der Waals surface area (Å²) in [5, 5.41) is 19.9. The molecular weight excluding hydrogens is 1120 g/mol. The quantitative estimate of drug-likeness (QED) is 0.0387. The molecule has 0 aliphatic carbocycles. The van der Waals surface area contributed by atoms with Crippen molar-refractivity contribution in [2.75, 3.05) is 126 Å². The number of aromatic nitrogens is 4. The molecule has 13 heteroatoms. The highest BCUT2D eigenvalue weighted by Gasteiger charge is 2.14. The Balaban J connectivity index is 0.000000141. The highest BCUT2D eigenvalue weighted by molar-refractivity contribution is 6.31. The number of pyridine rings is 4. The normalized spacial score (nSPS) is 16.0. The van der Waals surface area contributed by atoms with Crippen LogP contribution in [-0.4, -0.2) is 144 Å². The largest absolute Gasteiger partial charge is 0.384 e. The van der Waals surface area contributed by atoms with Gasteiger partial charge in [-0.3, -0.25) is 19.9 Å². The van der Waals surface area contributed by atoms with Crippen molar-refractivity contribution in [3.05, 3.63) is 144 Å². The smallest absolute Gasteiger partial charge is 0.0737 e. The number of rotatable bonds is 26. The third-order valence-corrected chi connectivity index (χ3v) is 18.4. The number of anilines is 4. The molecule has 0 bridgehead atoms. The number of aryl methyl sites for hydroxylation is 2. The van der Waals surface area contributed by atoms with Crippen LogP contribution in [0.1, 0.15) is 153 Å². The van der Waals surface area contributed by atoms with Crippen LogP contribution in [0.15, 0.2) is 128 Å². The van der Waals surface area contributed by atoms with Gasteiger partial charge >= 0.3 is 0 Å². The zero-order valence-electron chi connectivity index (χ0n) is 54.5. The SMILES string of the molecule is Cc1cc(NCCCCCCN2CCCCC2)c2ccccc2n1.Cc1cc(NCCCN2CCCCC2)c2ccccc2n1.Clc1ccc2c(NCCCN3CCCCC3)ccnc2c1.c1ccc2c(NCCCCCCN3CCCCC3)ccnc2c1. The van der Waals surface area contributed by atoms with Crippen molar-refractivity contribution >= 4 is 78.0 Å². The van der Waals surface area contributed by atoms with Gasteiger partial charge in [0.25, 0.3) is 0 Å². The Morgan fingerprint density at radius 2 is 0.663 bits per heavy atom. The maximum absolute atomic E-state index is 6.02. The second-order valence-electron chi connectivity index (χ2n) is 25.4. The molecule has 89 heavy (non-hydrogen) atoms. The van der Waals surface area contributed by atoms with E-state index in [1.165, 1.54) is 253 Å². The molecule has 0 saturated carbocycles. The van der Waals surface area contributed by atoms with E-state index in [0.717, 1.165) is 75.7 Å². The number of piperidine rings is 4. The summed E-state index contributed by atoms with van der Waals surface area (Å²) < 4.78 is 0. The van der Waals surface area contributed by atoms with E-state index < -0.39 is 0 Å². The second kappa shape index (κ2) is 38.5. The number of nitrogens with zero attached hydrogens (tertiary/aromatic N) is 8. The van der Waals surface area contributed by atoms with Crippen molar-refractivity contribution in [3.63, 3.8) is 0 Å². The number of halogens is 1. The minimum Gasteiger partial charge on any atom is -0.384 e. The summed E-state index contributed by atoms with van der Waals surface area (Å²) in [4.78, 5) is 28.4. The fourth-order valence-corrected chi connectivity index (χ4v) is 13.5. The van der Waals surface area contributed by atoms with E-state index in [4.69, 9.17) is 11.6 Å². The van der Waals surface area contributed by atoms with E-state index in [2.05, 4.69) is 160 Å². The van der Waals surface area contributed by atoms with Crippen molar-refractivity contribution in [1.82, 2.24) is 39.5 Å². The third-order valence-electron chi connectivity index (χ3n) is 18.2. The number of para-hydroxylation sites is 3. The molecule has 4 aromatic carbocycles. The Labute approximate surface area is 539 Å². The van der Waals surface area contributed by atoms with Crippen molar-refractivity contribution < 1.29 is 0 Å².